The number of hydrogen-bond acceptors (Lipinski definition) is 5. The number of ether oxygens (including phenoxy) is 2. The van der Waals surface area contributed by atoms with E-state index in [1.807, 2.05) is 6.92 Å². The summed E-state index contributed by atoms with van der Waals surface area (Å²) in [6.45, 7) is 2.18. The number of cyclic esters (lactones) is 2. The lowest BCUT2D eigenvalue weighted by Crippen LogP contribution is -2.54. The molecule has 0 spiro atoms. The molecule has 1 unspecified atom stereocenters. The molecular weight excluding hydrogens is 260 g/mol. The van der Waals surface area contributed by atoms with Gasteiger partial charge in [0, 0.05) is 6.42 Å². The van der Waals surface area contributed by atoms with Crippen LogP contribution in [0.3, 0.4) is 0 Å². The Kier molecular flexibility index (Phi) is 3.55. The van der Waals surface area contributed by atoms with Gasteiger partial charge in [-0.1, -0.05) is 6.92 Å². The van der Waals surface area contributed by atoms with Crippen LogP contribution in [0, 0.1) is 5.92 Å². The highest BCUT2D eigenvalue weighted by atomic mass is 32.2. The smallest absolute Gasteiger partial charge is 0.434 e. The minimum absolute atomic E-state index is 0.135. The van der Waals surface area contributed by atoms with E-state index in [9.17, 15) is 17.8 Å². The van der Waals surface area contributed by atoms with E-state index in [0.717, 1.165) is 0 Å². The molecule has 0 bridgehead atoms. The minimum Gasteiger partial charge on any atom is -0.434 e. The van der Waals surface area contributed by atoms with Gasteiger partial charge in [0.05, 0.1) is 6.61 Å². The molecule has 0 aromatic rings. The average molecular weight is 278 g/mol. The maximum atomic E-state index is 11.7. The molecule has 1 heterocycles. The van der Waals surface area contributed by atoms with Crippen LogP contribution < -0.4 is 0 Å². The molecule has 1 aliphatic carbocycles. The summed E-state index contributed by atoms with van der Waals surface area (Å²) in [6, 6.07) is 0. The zero-order valence-electron chi connectivity index (χ0n) is 10.3. The van der Waals surface area contributed by atoms with Crippen molar-refractivity contribution in [3.05, 3.63) is 0 Å². The Morgan fingerprint density at radius 3 is 2.39 bits per heavy atom. The summed E-state index contributed by atoms with van der Waals surface area (Å²) in [5, 5.41) is 0. The van der Waals surface area contributed by atoms with Crippen molar-refractivity contribution >= 4 is 16.3 Å². The van der Waals surface area contributed by atoms with Crippen LogP contribution in [0.5, 0.6) is 0 Å². The molecule has 0 aromatic heterocycles. The maximum Gasteiger partial charge on any atom is 0.508 e. The third kappa shape index (κ3) is 2.33. The van der Waals surface area contributed by atoms with E-state index < -0.39 is 27.1 Å². The first-order valence-corrected chi connectivity index (χ1v) is 7.59. The monoisotopic (exact) mass is 278 g/mol. The zero-order valence-corrected chi connectivity index (χ0v) is 11.1. The second kappa shape index (κ2) is 4.70. The summed E-state index contributed by atoms with van der Waals surface area (Å²) in [6.07, 6.45) is 0.702. The third-order valence-corrected chi connectivity index (χ3v) is 5.76. The van der Waals surface area contributed by atoms with Crippen molar-refractivity contribution < 1.29 is 27.2 Å². The number of carbonyl (C=O) groups is 1. The largest absolute Gasteiger partial charge is 0.508 e. The molecule has 0 aromatic carbocycles. The normalized spacial score (nSPS) is 37.8. The third-order valence-electron chi connectivity index (χ3n) is 4.06. The Balaban J connectivity index is 2.28. The Labute approximate surface area is 106 Å². The minimum atomic E-state index is -4.27. The molecule has 2 fully saturated rings. The quantitative estimate of drug-likeness (QED) is 0.611. The number of rotatable bonds is 2. The van der Waals surface area contributed by atoms with Crippen LogP contribution in [0.15, 0.2) is 0 Å². The molecule has 6 nitrogen and oxygen atoms in total. The van der Waals surface area contributed by atoms with E-state index in [1.165, 1.54) is 0 Å². The van der Waals surface area contributed by atoms with Crippen molar-refractivity contribution in [1.82, 2.24) is 0 Å². The van der Waals surface area contributed by atoms with Crippen LogP contribution in [0.25, 0.3) is 0 Å². The van der Waals surface area contributed by atoms with Crippen LogP contribution >= 0.6 is 0 Å². The fraction of sp³-hybridized carbons (Fsp3) is 0.909. The Hall–Kier alpha value is -0.820. The van der Waals surface area contributed by atoms with Crippen LogP contribution in [0.1, 0.15) is 39.0 Å². The van der Waals surface area contributed by atoms with Gasteiger partial charge in [-0.15, -0.1) is 0 Å². The van der Waals surface area contributed by atoms with Crippen molar-refractivity contribution in [3.63, 3.8) is 0 Å². The van der Waals surface area contributed by atoms with Gasteiger partial charge in [-0.05, 0) is 31.6 Å². The van der Waals surface area contributed by atoms with Gasteiger partial charge in [0.25, 0.3) is 10.1 Å². The first-order chi connectivity index (χ1) is 8.35. The summed E-state index contributed by atoms with van der Waals surface area (Å²) < 4.78 is 41.3. The summed E-state index contributed by atoms with van der Waals surface area (Å²) in [7, 11) is -4.27. The van der Waals surface area contributed by atoms with Gasteiger partial charge in [0.15, 0.2) is 0 Å². The van der Waals surface area contributed by atoms with E-state index in [4.69, 9.17) is 4.74 Å². The maximum absolute atomic E-state index is 11.7. The lowest BCUT2D eigenvalue weighted by Gasteiger charge is -2.42. The van der Waals surface area contributed by atoms with Crippen LogP contribution in [-0.4, -0.2) is 36.6 Å². The van der Waals surface area contributed by atoms with Gasteiger partial charge in [-0.2, -0.15) is 8.42 Å². The summed E-state index contributed by atoms with van der Waals surface area (Å²) >= 11 is 0. The summed E-state index contributed by atoms with van der Waals surface area (Å²) in [4.78, 5) is 11.1. The molecule has 1 saturated carbocycles. The van der Waals surface area contributed by atoms with Crippen molar-refractivity contribution in [3.8, 4) is 0 Å². The molecular formula is C11H18O6S. The van der Waals surface area contributed by atoms with Crippen LogP contribution in [0.4, 0.5) is 4.79 Å². The van der Waals surface area contributed by atoms with E-state index in [1.54, 1.807) is 0 Å². The van der Waals surface area contributed by atoms with Crippen molar-refractivity contribution in [1.29, 1.82) is 0 Å². The van der Waals surface area contributed by atoms with Gasteiger partial charge in [0.2, 0.25) is 0 Å². The lowest BCUT2D eigenvalue weighted by molar-refractivity contribution is -0.0460. The highest BCUT2D eigenvalue weighted by molar-refractivity contribution is 7.87. The van der Waals surface area contributed by atoms with E-state index in [0.29, 0.717) is 38.0 Å². The highest BCUT2D eigenvalue weighted by Gasteiger charge is 2.54. The van der Waals surface area contributed by atoms with Gasteiger partial charge < -0.3 is 9.47 Å². The molecule has 104 valence electrons. The van der Waals surface area contributed by atoms with Crippen LogP contribution in [0.2, 0.25) is 0 Å². The molecule has 7 heteroatoms. The molecule has 2 aliphatic rings. The molecule has 18 heavy (non-hydrogen) atoms. The molecule has 1 aliphatic heterocycles. The van der Waals surface area contributed by atoms with Crippen LogP contribution in [-0.2, 0) is 19.6 Å². The molecule has 0 radical (unpaired) electrons. The van der Waals surface area contributed by atoms with E-state index in [2.05, 4.69) is 4.74 Å². The van der Waals surface area contributed by atoms with Gasteiger partial charge in [0.1, 0.15) is 10.9 Å². The Bertz CT molecular complexity index is 421. The molecule has 1 atom stereocenters. The fourth-order valence-corrected chi connectivity index (χ4v) is 4.08. The first kappa shape index (κ1) is 13.6. The predicted octanol–water partition coefficient (Wildman–Crippen LogP) is 1.75. The predicted molar refractivity (Wildman–Crippen MR) is 62.7 cm³/mol. The lowest BCUT2D eigenvalue weighted by atomic mass is 9.78. The Morgan fingerprint density at radius 2 is 1.89 bits per heavy atom. The SMILES string of the molecule is CC1CCC(C2CCOC(=O)O2)(S(=O)(=O)O)CC1. The van der Waals surface area contributed by atoms with Gasteiger partial charge in [-0.25, -0.2) is 4.79 Å². The Morgan fingerprint density at radius 1 is 1.28 bits per heavy atom. The van der Waals surface area contributed by atoms with E-state index in [-0.39, 0.29) is 6.61 Å². The number of carbonyl (C=O) groups excluding carboxylic acids is 1. The van der Waals surface area contributed by atoms with Crippen molar-refractivity contribution in [2.24, 2.45) is 5.92 Å². The second-order valence-electron chi connectivity index (χ2n) is 5.22. The van der Waals surface area contributed by atoms with Gasteiger partial charge in [-0.3, -0.25) is 4.55 Å². The topological polar surface area (TPSA) is 89.9 Å². The highest BCUT2D eigenvalue weighted by Crippen LogP contribution is 2.42. The van der Waals surface area contributed by atoms with Crippen molar-refractivity contribution in [2.75, 3.05) is 6.61 Å². The second-order valence-corrected chi connectivity index (χ2v) is 6.98. The zero-order chi connectivity index (χ0) is 13.4. The summed E-state index contributed by atoms with van der Waals surface area (Å²) in [5.41, 5.74) is 0. The molecule has 1 saturated heterocycles. The standard InChI is InChI=1S/C11H18O6S/c1-8-2-5-11(6-3-8,18(13,14)15)9-4-7-16-10(12)17-9/h8-9H,2-7H2,1H3,(H,13,14,15). The van der Waals surface area contributed by atoms with Gasteiger partial charge >= 0.3 is 6.16 Å². The number of hydrogen-bond donors (Lipinski definition) is 1. The average Bonchev–Trinajstić information content (AvgIpc) is 2.28. The van der Waals surface area contributed by atoms with Crippen molar-refractivity contribution in [2.45, 2.75) is 49.9 Å². The first-order valence-electron chi connectivity index (χ1n) is 6.15. The molecule has 2 rings (SSSR count). The summed E-state index contributed by atoms with van der Waals surface area (Å²) in [5.74, 6) is 0.426. The van der Waals surface area contributed by atoms with E-state index >= 15 is 0 Å². The molecule has 1 N–H and O–H groups in total. The molecule has 0 amide bonds. The fourth-order valence-electron chi connectivity index (χ4n) is 2.83.